The zero-order valence-electron chi connectivity index (χ0n) is 19.6. The number of likely N-dealkylation sites (N-methyl/N-ethyl adjacent to an activating group) is 1. The van der Waals surface area contributed by atoms with Crippen molar-refractivity contribution in [1.82, 2.24) is 15.3 Å². The average Bonchev–Trinajstić information content (AvgIpc) is 3.37. The van der Waals surface area contributed by atoms with E-state index in [-0.39, 0.29) is 22.7 Å². The van der Waals surface area contributed by atoms with Crippen LogP contribution in [0.4, 0.5) is 21.6 Å². The fourth-order valence-electron chi connectivity index (χ4n) is 3.62. The van der Waals surface area contributed by atoms with Gasteiger partial charge in [0.25, 0.3) is 0 Å². The molecule has 1 aromatic heterocycles. The SMILES string of the molecule is C#Cc1cc(Nc2ncnc3cc(O[C@H]4CCOC4)c(NC(=O)C=CCNCC)cc23)c(F)cc1Cl. The summed E-state index contributed by atoms with van der Waals surface area (Å²) in [7, 11) is 0. The standard InChI is InChI=1S/C26H25ClFN5O3/c1-3-16-10-22(20(28)12-19(16)27)33-26-18-11-23(32-25(34)6-5-8-29-4-2)24(13-21(18)30-15-31-26)36-17-7-9-35-14-17/h1,5-6,10-13,15,17,29H,4,7-9,14H2,2H3,(H,32,34)(H,30,31,33)/t17-/m0/s1. The molecule has 1 aliphatic heterocycles. The summed E-state index contributed by atoms with van der Waals surface area (Å²) in [5.41, 5.74) is 1.40. The van der Waals surface area contributed by atoms with Gasteiger partial charge in [-0.25, -0.2) is 14.4 Å². The van der Waals surface area contributed by atoms with Crippen molar-refractivity contribution in [3.8, 4) is 18.1 Å². The Balaban J connectivity index is 1.70. The highest BCUT2D eigenvalue weighted by molar-refractivity contribution is 6.31. The molecule has 0 radical (unpaired) electrons. The van der Waals surface area contributed by atoms with Crippen LogP contribution in [0.25, 0.3) is 10.9 Å². The van der Waals surface area contributed by atoms with Crippen molar-refractivity contribution in [2.45, 2.75) is 19.4 Å². The number of carbonyl (C=O) groups is 1. The summed E-state index contributed by atoms with van der Waals surface area (Å²) in [6, 6.07) is 5.97. The third-order valence-electron chi connectivity index (χ3n) is 5.42. The number of anilines is 3. The maximum atomic E-state index is 14.6. The first-order chi connectivity index (χ1) is 17.5. The van der Waals surface area contributed by atoms with Crippen LogP contribution in [0.5, 0.6) is 5.75 Å². The van der Waals surface area contributed by atoms with E-state index in [0.29, 0.717) is 53.5 Å². The second-order valence-electron chi connectivity index (χ2n) is 7.97. The molecule has 0 bridgehead atoms. The number of amides is 1. The Hall–Kier alpha value is -3.71. The minimum atomic E-state index is -0.591. The molecule has 3 N–H and O–H groups in total. The van der Waals surface area contributed by atoms with E-state index in [1.807, 2.05) is 6.92 Å². The Morgan fingerprint density at radius 2 is 2.19 bits per heavy atom. The highest BCUT2D eigenvalue weighted by Gasteiger charge is 2.21. The number of benzene rings is 2. The molecular weight excluding hydrogens is 485 g/mol. The van der Waals surface area contributed by atoms with Gasteiger partial charge < -0.3 is 25.4 Å². The first kappa shape index (κ1) is 25.4. The molecule has 8 nitrogen and oxygen atoms in total. The normalized spacial score (nSPS) is 15.2. The second-order valence-corrected chi connectivity index (χ2v) is 8.38. The molecule has 1 saturated heterocycles. The quantitative estimate of drug-likeness (QED) is 0.223. The topological polar surface area (TPSA) is 97.4 Å². The van der Waals surface area contributed by atoms with Gasteiger partial charge in [-0.1, -0.05) is 30.5 Å². The van der Waals surface area contributed by atoms with Gasteiger partial charge in [0.1, 0.15) is 29.8 Å². The van der Waals surface area contributed by atoms with Crippen LogP contribution in [0.15, 0.2) is 42.7 Å². The number of carbonyl (C=O) groups excluding carboxylic acids is 1. The third-order valence-corrected chi connectivity index (χ3v) is 5.74. The molecule has 186 valence electrons. The number of aromatic nitrogens is 2. The first-order valence-electron chi connectivity index (χ1n) is 11.4. The minimum absolute atomic E-state index is 0.104. The van der Waals surface area contributed by atoms with Crippen LogP contribution in [0.3, 0.4) is 0 Å². The van der Waals surface area contributed by atoms with E-state index in [9.17, 15) is 9.18 Å². The van der Waals surface area contributed by atoms with Crippen molar-refractivity contribution in [3.05, 3.63) is 59.1 Å². The molecule has 0 aliphatic carbocycles. The van der Waals surface area contributed by atoms with Gasteiger partial charge in [0.05, 0.1) is 35.1 Å². The Morgan fingerprint density at radius 1 is 1.33 bits per heavy atom. The number of fused-ring (bicyclic) bond motifs is 1. The van der Waals surface area contributed by atoms with Gasteiger partial charge in [-0.15, -0.1) is 6.42 Å². The molecule has 1 amide bonds. The smallest absolute Gasteiger partial charge is 0.248 e. The van der Waals surface area contributed by atoms with Gasteiger partial charge in [-0.2, -0.15) is 0 Å². The van der Waals surface area contributed by atoms with Crippen molar-refractivity contribution in [1.29, 1.82) is 0 Å². The molecule has 1 fully saturated rings. The molecule has 10 heteroatoms. The predicted molar refractivity (Wildman–Crippen MR) is 138 cm³/mol. The lowest BCUT2D eigenvalue weighted by molar-refractivity contribution is -0.111. The lowest BCUT2D eigenvalue weighted by Gasteiger charge is -2.18. The molecule has 3 aromatic rings. The lowest BCUT2D eigenvalue weighted by Crippen LogP contribution is -2.18. The van der Waals surface area contributed by atoms with Crippen LogP contribution in [0.1, 0.15) is 18.9 Å². The van der Waals surface area contributed by atoms with Crippen molar-refractivity contribution in [2.24, 2.45) is 0 Å². The maximum Gasteiger partial charge on any atom is 0.248 e. The van der Waals surface area contributed by atoms with Gasteiger partial charge in [0.15, 0.2) is 0 Å². The Kier molecular flexibility index (Phi) is 8.33. The van der Waals surface area contributed by atoms with E-state index in [0.717, 1.165) is 19.0 Å². The monoisotopic (exact) mass is 509 g/mol. The molecule has 0 spiro atoms. The number of nitrogens with zero attached hydrogens (tertiary/aromatic N) is 2. The van der Waals surface area contributed by atoms with Gasteiger partial charge in [-0.3, -0.25) is 4.79 Å². The Bertz CT molecular complexity index is 1340. The number of terminal acetylenes is 1. The Labute approximate surface area is 213 Å². The molecule has 4 rings (SSSR count). The van der Waals surface area contributed by atoms with E-state index in [4.69, 9.17) is 27.5 Å². The molecule has 1 atom stereocenters. The summed E-state index contributed by atoms with van der Waals surface area (Å²) in [4.78, 5) is 21.2. The fourth-order valence-corrected chi connectivity index (χ4v) is 3.82. The van der Waals surface area contributed by atoms with Crippen molar-refractivity contribution >= 4 is 45.6 Å². The van der Waals surface area contributed by atoms with E-state index < -0.39 is 5.82 Å². The van der Waals surface area contributed by atoms with E-state index in [1.54, 1.807) is 18.2 Å². The highest BCUT2D eigenvalue weighted by atomic mass is 35.5. The van der Waals surface area contributed by atoms with E-state index >= 15 is 0 Å². The predicted octanol–water partition coefficient (Wildman–Crippen LogP) is 4.42. The van der Waals surface area contributed by atoms with E-state index in [1.165, 1.54) is 18.5 Å². The molecule has 1 aliphatic rings. The number of hydrogen-bond donors (Lipinski definition) is 3. The van der Waals surface area contributed by atoms with E-state index in [2.05, 4.69) is 31.8 Å². The summed E-state index contributed by atoms with van der Waals surface area (Å²) in [6.07, 6.45) is 10.6. The second kappa shape index (κ2) is 11.8. The zero-order chi connectivity index (χ0) is 25.5. The van der Waals surface area contributed by atoms with Crippen molar-refractivity contribution < 1.29 is 18.7 Å². The van der Waals surface area contributed by atoms with Crippen LogP contribution < -0.4 is 20.7 Å². The number of nitrogens with one attached hydrogen (secondary N) is 3. The van der Waals surface area contributed by atoms with Crippen LogP contribution >= 0.6 is 11.6 Å². The van der Waals surface area contributed by atoms with Crippen LogP contribution in [-0.2, 0) is 9.53 Å². The summed E-state index contributed by atoms with van der Waals surface area (Å²) in [6.45, 7) is 4.41. The molecule has 36 heavy (non-hydrogen) atoms. The van der Waals surface area contributed by atoms with Crippen molar-refractivity contribution in [3.63, 3.8) is 0 Å². The number of rotatable bonds is 9. The average molecular weight is 510 g/mol. The third kappa shape index (κ3) is 6.10. The van der Waals surface area contributed by atoms with Gasteiger partial charge in [-0.05, 0) is 24.7 Å². The van der Waals surface area contributed by atoms with Gasteiger partial charge in [0.2, 0.25) is 5.91 Å². The molecule has 0 unspecified atom stereocenters. The summed E-state index contributed by atoms with van der Waals surface area (Å²) >= 11 is 6.00. The molecule has 0 saturated carbocycles. The number of hydrogen-bond acceptors (Lipinski definition) is 7. The molecular formula is C26H25ClFN5O3. The van der Waals surface area contributed by atoms with Crippen LogP contribution in [-0.4, -0.2) is 48.3 Å². The largest absolute Gasteiger partial charge is 0.486 e. The fraction of sp³-hybridized carbons (Fsp3) is 0.269. The van der Waals surface area contributed by atoms with Crippen molar-refractivity contribution in [2.75, 3.05) is 36.9 Å². The van der Waals surface area contributed by atoms with Crippen LogP contribution in [0, 0.1) is 18.2 Å². The highest BCUT2D eigenvalue weighted by Crippen LogP contribution is 2.35. The maximum absolute atomic E-state index is 14.6. The first-order valence-corrected chi connectivity index (χ1v) is 11.8. The number of halogens is 2. The van der Waals surface area contributed by atoms with Gasteiger partial charge in [0, 0.05) is 36.1 Å². The Morgan fingerprint density at radius 3 is 2.94 bits per heavy atom. The summed E-state index contributed by atoms with van der Waals surface area (Å²) in [5.74, 6) is 2.27. The zero-order valence-corrected chi connectivity index (χ0v) is 20.4. The summed E-state index contributed by atoms with van der Waals surface area (Å²) in [5, 5.41) is 9.62. The van der Waals surface area contributed by atoms with Crippen LogP contribution in [0.2, 0.25) is 5.02 Å². The lowest BCUT2D eigenvalue weighted by atomic mass is 10.1. The molecule has 2 heterocycles. The minimum Gasteiger partial charge on any atom is -0.486 e. The van der Waals surface area contributed by atoms with Gasteiger partial charge >= 0.3 is 0 Å². The summed E-state index contributed by atoms with van der Waals surface area (Å²) < 4.78 is 26.1. The molecule has 2 aromatic carbocycles. The number of ether oxygens (including phenoxy) is 2.